The Hall–Kier alpha value is -3.68. The highest BCUT2D eigenvalue weighted by Crippen LogP contribution is 2.35. The van der Waals surface area contributed by atoms with Gasteiger partial charge in [-0.2, -0.15) is 8.78 Å². The van der Waals surface area contributed by atoms with E-state index in [1.165, 1.54) is 6.07 Å². The smallest absolute Gasteiger partial charge is 0.387 e. The van der Waals surface area contributed by atoms with Crippen molar-refractivity contribution in [3.63, 3.8) is 0 Å². The number of hydrogen-bond acceptors (Lipinski definition) is 6. The topological polar surface area (TPSA) is 69.7 Å². The number of rotatable bonds is 9. The van der Waals surface area contributed by atoms with Crippen LogP contribution >= 0.6 is 0 Å². The molecule has 2 aromatic carbocycles. The summed E-state index contributed by atoms with van der Waals surface area (Å²) in [4.78, 5) is 16.5. The fourth-order valence-electron chi connectivity index (χ4n) is 3.28. The van der Waals surface area contributed by atoms with Crippen LogP contribution in [0.5, 0.6) is 11.5 Å². The molecule has 3 rings (SSSR count). The quantitative estimate of drug-likeness (QED) is 0.374. The van der Waals surface area contributed by atoms with E-state index < -0.39 is 18.2 Å². The summed E-state index contributed by atoms with van der Waals surface area (Å²) in [5.41, 5.74) is 2.20. The average Bonchev–Trinajstić information content (AvgIpc) is 2.78. The Morgan fingerprint density at radius 2 is 1.76 bits per heavy atom. The second-order valence-electron chi connectivity index (χ2n) is 8.46. The fourth-order valence-corrected chi connectivity index (χ4v) is 3.28. The van der Waals surface area contributed by atoms with Crippen molar-refractivity contribution in [2.45, 2.75) is 45.9 Å². The Morgan fingerprint density at radius 3 is 2.35 bits per heavy atom. The van der Waals surface area contributed by atoms with Crippen LogP contribution in [0.4, 0.5) is 14.5 Å². The molecule has 1 aromatic heterocycles. The lowest BCUT2D eigenvalue weighted by molar-refractivity contribution is -0.0514. The standard InChI is InChI=1S/C26H28F2N2O4/c1-5-32-22-15-18(10-13-21(22)33-25(27)28)23(19-7-6-14-29-16-19)30-20-11-8-17(9-12-20)24(31)34-26(2,3)4/h6-16,23,25,30H,5H2,1-4H3. The Kier molecular flexibility index (Phi) is 8.04. The van der Waals surface area contributed by atoms with E-state index in [2.05, 4.69) is 15.0 Å². The van der Waals surface area contributed by atoms with Crippen molar-refractivity contribution in [1.29, 1.82) is 0 Å². The van der Waals surface area contributed by atoms with Gasteiger partial charge in [-0.1, -0.05) is 12.1 Å². The number of pyridine rings is 1. The van der Waals surface area contributed by atoms with Crippen molar-refractivity contribution in [3.05, 3.63) is 83.7 Å². The molecule has 0 saturated carbocycles. The normalized spacial score (nSPS) is 12.2. The number of carbonyl (C=O) groups excluding carboxylic acids is 1. The molecular weight excluding hydrogens is 442 g/mol. The summed E-state index contributed by atoms with van der Waals surface area (Å²) in [6, 6.07) is 15.1. The van der Waals surface area contributed by atoms with Gasteiger partial charge in [-0.25, -0.2) is 4.79 Å². The van der Waals surface area contributed by atoms with Gasteiger partial charge < -0.3 is 19.5 Å². The largest absolute Gasteiger partial charge is 0.490 e. The molecule has 1 unspecified atom stereocenters. The maximum Gasteiger partial charge on any atom is 0.387 e. The number of esters is 1. The number of halogens is 2. The summed E-state index contributed by atoms with van der Waals surface area (Å²) in [6.45, 7) is 4.54. The van der Waals surface area contributed by atoms with E-state index in [1.54, 1.807) is 55.7 Å². The Morgan fingerprint density at radius 1 is 1.03 bits per heavy atom. The molecule has 0 aliphatic carbocycles. The van der Waals surface area contributed by atoms with Gasteiger partial charge in [-0.05, 0) is 81.3 Å². The number of benzene rings is 2. The highest BCUT2D eigenvalue weighted by atomic mass is 19.3. The number of carbonyl (C=O) groups is 1. The zero-order valence-electron chi connectivity index (χ0n) is 19.5. The summed E-state index contributed by atoms with van der Waals surface area (Å²) in [6.07, 6.45) is 3.39. The predicted molar refractivity (Wildman–Crippen MR) is 126 cm³/mol. The van der Waals surface area contributed by atoms with Crippen LogP contribution in [-0.4, -0.2) is 29.8 Å². The molecule has 0 spiro atoms. The molecule has 1 atom stereocenters. The first-order valence-electron chi connectivity index (χ1n) is 10.9. The van der Waals surface area contributed by atoms with Gasteiger partial charge in [0.2, 0.25) is 0 Å². The average molecular weight is 471 g/mol. The molecule has 0 amide bonds. The van der Waals surface area contributed by atoms with Gasteiger partial charge in [0.15, 0.2) is 11.5 Å². The summed E-state index contributed by atoms with van der Waals surface area (Å²) >= 11 is 0. The SMILES string of the molecule is CCOc1cc(C(Nc2ccc(C(=O)OC(C)(C)C)cc2)c2cccnc2)ccc1OC(F)F. The van der Waals surface area contributed by atoms with Gasteiger partial charge in [0.25, 0.3) is 0 Å². The van der Waals surface area contributed by atoms with Crippen LogP contribution < -0.4 is 14.8 Å². The zero-order valence-corrected chi connectivity index (χ0v) is 19.5. The first kappa shape index (κ1) is 25.0. The van der Waals surface area contributed by atoms with Crippen molar-refractivity contribution in [2.24, 2.45) is 0 Å². The first-order valence-corrected chi connectivity index (χ1v) is 10.9. The second kappa shape index (κ2) is 11.0. The van der Waals surface area contributed by atoms with E-state index in [4.69, 9.17) is 9.47 Å². The lowest BCUT2D eigenvalue weighted by atomic mass is 9.99. The molecule has 0 aliphatic heterocycles. The molecule has 0 fully saturated rings. The molecule has 0 radical (unpaired) electrons. The number of alkyl halides is 2. The van der Waals surface area contributed by atoms with Gasteiger partial charge in [0.1, 0.15) is 5.60 Å². The highest BCUT2D eigenvalue weighted by Gasteiger charge is 2.20. The van der Waals surface area contributed by atoms with Crippen LogP contribution in [0.2, 0.25) is 0 Å². The van der Waals surface area contributed by atoms with E-state index in [1.807, 2.05) is 32.9 Å². The minimum atomic E-state index is -2.96. The van der Waals surface area contributed by atoms with Crippen LogP contribution in [0.1, 0.15) is 55.2 Å². The highest BCUT2D eigenvalue weighted by molar-refractivity contribution is 5.90. The van der Waals surface area contributed by atoms with E-state index in [-0.39, 0.29) is 17.5 Å². The summed E-state index contributed by atoms with van der Waals surface area (Å²) in [5.74, 6) is -0.220. The number of nitrogens with one attached hydrogen (secondary N) is 1. The minimum absolute atomic E-state index is 0.0350. The third-order valence-electron chi connectivity index (χ3n) is 4.67. The van der Waals surface area contributed by atoms with Crippen molar-refractivity contribution in [1.82, 2.24) is 4.98 Å². The molecule has 3 aromatic rings. The van der Waals surface area contributed by atoms with E-state index in [0.717, 1.165) is 16.8 Å². The number of nitrogens with zero attached hydrogens (tertiary/aromatic N) is 1. The molecule has 180 valence electrons. The maximum absolute atomic E-state index is 12.8. The number of aromatic nitrogens is 1. The molecule has 1 N–H and O–H groups in total. The van der Waals surface area contributed by atoms with Crippen LogP contribution in [0.25, 0.3) is 0 Å². The third kappa shape index (κ3) is 6.91. The van der Waals surface area contributed by atoms with Gasteiger partial charge in [-0.3, -0.25) is 4.98 Å². The van der Waals surface area contributed by atoms with E-state index >= 15 is 0 Å². The molecule has 6 nitrogen and oxygen atoms in total. The van der Waals surface area contributed by atoms with E-state index in [0.29, 0.717) is 12.2 Å². The first-order chi connectivity index (χ1) is 16.2. The lowest BCUT2D eigenvalue weighted by Gasteiger charge is -2.23. The maximum atomic E-state index is 12.8. The lowest BCUT2D eigenvalue weighted by Crippen LogP contribution is -2.23. The molecule has 0 saturated heterocycles. The van der Waals surface area contributed by atoms with Crippen molar-refractivity contribution in [3.8, 4) is 11.5 Å². The molecule has 34 heavy (non-hydrogen) atoms. The van der Waals surface area contributed by atoms with Crippen molar-refractivity contribution >= 4 is 11.7 Å². The molecule has 1 heterocycles. The Labute approximate surface area is 197 Å². The van der Waals surface area contributed by atoms with Crippen LogP contribution in [-0.2, 0) is 4.74 Å². The van der Waals surface area contributed by atoms with Crippen LogP contribution in [0.15, 0.2) is 67.0 Å². The van der Waals surface area contributed by atoms with Gasteiger partial charge in [-0.15, -0.1) is 0 Å². The zero-order chi connectivity index (χ0) is 24.7. The summed E-state index contributed by atoms with van der Waals surface area (Å²) in [7, 11) is 0. The Bertz CT molecular complexity index is 1080. The summed E-state index contributed by atoms with van der Waals surface area (Å²) < 4.78 is 41.1. The van der Waals surface area contributed by atoms with Crippen molar-refractivity contribution in [2.75, 3.05) is 11.9 Å². The number of anilines is 1. The third-order valence-corrected chi connectivity index (χ3v) is 4.67. The second-order valence-corrected chi connectivity index (χ2v) is 8.46. The molecule has 0 bridgehead atoms. The van der Waals surface area contributed by atoms with Crippen molar-refractivity contribution < 1.29 is 27.8 Å². The molecule has 0 aliphatic rings. The number of ether oxygens (including phenoxy) is 3. The molecule has 8 heteroatoms. The van der Waals surface area contributed by atoms with Gasteiger partial charge in [0.05, 0.1) is 18.2 Å². The molecular formula is C26H28F2N2O4. The summed E-state index contributed by atoms with van der Waals surface area (Å²) in [5, 5.41) is 3.42. The number of hydrogen-bond donors (Lipinski definition) is 1. The minimum Gasteiger partial charge on any atom is -0.490 e. The fraction of sp³-hybridized carbons (Fsp3) is 0.308. The monoisotopic (exact) mass is 470 g/mol. The van der Waals surface area contributed by atoms with Crippen LogP contribution in [0.3, 0.4) is 0 Å². The van der Waals surface area contributed by atoms with Gasteiger partial charge >= 0.3 is 12.6 Å². The van der Waals surface area contributed by atoms with Gasteiger partial charge in [0, 0.05) is 18.1 Å². The van der Waals surface area contributed by atoms with E-state index in [9.17, 15) is 13.6 Å². The van der Waals surface area contributed by atoms with Crippen LogP contribution in [0, 0.1) is 0 Å². The predicted octanol–water partition coefficient (Wildman–Crippen LogP) is 6.24. The Balaban J connectivity index is 1.91.